The zero-order valence-corrected chi connectivity index (χ0v) is 8.49. The predicted octanol–water partition coefficient (Wildman–Crippen LogP) is 0.379. The molecule has 1 aromatic rings. The molecule has 0 unspecified atom stereocenters. The fourth-order valence-corrected chi connectivity index (χ4v) is 1.05. The van der Waals surface area contributed by atoms with Crippen LogP contribution in [-0.4, -0.2) is 11.9 Å². The van der Waals surface area contributed by atoms with Crippen LogP contribution in [0.25, 0.3) is 0 Å². The summed E-state index contributed by atoms with van der Waals surface area (Å²) in [6, 6.07) is 3.93. The summed E-state index contributed by atoms with van der Waals surface area (Å²) in [6.45, 7) is 1.69. The number of carbonyl (C=O) groups excluding carboxylic acids is 2. The lowest BCUT2D eigenvalue weighted by atomic mass is 10.2. The summed E-state index contributed by atoms with van der Waals surface area (Å²) in [7, 11) is 0. The first-order valence-electron chi connectivity index (χ1n) is 4.45. The van der Waals surface area contributed by atoms with Gasteiger partial charge in [-0.1, -0.05) is 6.07 Å². The zero-order chi connectivity index (χ0) is 12.1. The molecule has 0 heterocycles. The first kappa shape index (κ1) is 11.9. The van der Waals surface area contributed by atoms with Crippen LogP contribution in [0.2, 0.25) is 0 Å². The molecule has 0 fully saturated rings. The molecule has 0 saturated carbocycles. The molecule has 0 bridgehead atoms. The van der Waals surface area contributed by atoms with Crippen LogP contribution in [0, 0.1) is 12.7 Å². The number of hydrogen-bond donors (Lipinski definition) is 1. The predicted molar refractivity (Wildman–Crippen MR) is 53.9 cm³/mol. The second kappa shape index (κ2) is 5.06. The van der Waals surface area contributed by atoms with Gasteiger partial charge in [-0.3, -0.25) is 4.79 Å². The number of carbonyl (C=O) groups is 2. The summed E-state index contributed by atoms with van der Waals surface area (Å²) in [6.07, 6.45) is 1.41. The number of benzene rings is 1. The third kappa shape index (κ3) is 3.53. The number of rotatable bonds is 3. The Kier molecular flexibility index (Phi) is 3.77. The standard InChI is InChI=1S/C11H10FNO3/c1-7-2-3-8(12)6-9(7)13-10(14)4-5-11(15)16/h2-6H,1H3,(H,13,14)(H,15,16)/p-1/b5-4-. The molecule has 1 rings (SSSR count). The first-order valence-corrected chi connectivity index (χ1v) is 4.45. The normalized spacial score (nSPS) is 10.4. The Bertz CT molecular complexity index is 455. The monoisotopic (exact) mass is 222 g/mol. The molecule has 0 spiro atoms. The van der Waals surface area contributed by atoms with E-state index in [4.69, 9.17) is 0 Å². The maximum atomic E-state index is 12.8. The minimum Gasteiger partial charge on any atom is -0.545 e. The van der Waals surface area contributed by atoms with Gasteiger partial charge >= 0.3 is 0 Å². The zero-order valence-electron chi connectivity index (χ0n) is 8.49. The summed E-state index contributed by atoms with van der Waals surface area (Å²) in [5.41, 5.74) is 0.976. The number of amides is 1. The first-order chi connectivity index (χ1) is 7.49. The highest BCUT2D eigenvalue weighted by atomic mass is 19.1. The molecule has 1 N–H and O–H groups in total. The van der Waals surface area contributed by atoms with Gasteiger partial charge in [0.25, 0.3) is 0 Å². The van der Waals surface area contributed by atoms with Gasteiger partial charge in [0.15, 0.2) is 0 Å². The largest absolute Gasteiger partial charge is 0.545 e. The summed E-state index contributed by atoms with van der Waals surface area (Å²) in [4.78, 5) is 21.2. The highest BCUT2D eigenvalue weighted by molar-refractivity contribution is 6.02. The molecule has 1 amide bonds. The molecule has 5 heteroatoms. The molecular weight excluding hydrogens is 213 g/mol. The van der Waals surface area contributed by atoms with Crippen molar-refractivity contribution in [3.63, 3.8) is 0 Å². The van der Waals surface area contributed by atoms with Gasteiger partial charge < -0.3 is 15.2 Å². The van der Waals surface area contributed by atoms with Gasteiger partial charge in [0.2, 0.25) is 5.91 Å². The van der Waals surface area contributed by atoms with Crippen molar-refractivity contribution in [1.29, 1.82) is 0 Å². The van der Waals surface area contributed by atoms with Crippen LogP contribution < -0.4 is 10.4 Å². The number of nitrogens with one attached hydrogen (secondary N) is 1. The van der Waals surface area contributed by atoms with Gasteiger partial charge in [-0.05, 0) is 30.7 Å². The number of carboxylic acids is 1. The van der Waals surface area contributed by atoms with Crippen LogP contribution in [0.15, 0.2) is 30.4 Å². The maximum absolute atomic E-state index is 12.8. The van der Waals surface area contributed by atoms with Crippen LogP contribution in [0.4, 0.5) is 10.1 Å². The van der Waals surface area contributed by atoms with E-state index < -0.39 is 17.7 Å². The van der Waals surface area contributed by atoms with Crippen LogP contribution in [-0.2, 0) is 9.59 Å². The molecular formula is C11H9FNO3-. The summed E-state index contributed by atoms with van der Waals surface area (Å²) < 4.78 is 12.8. The number of carboxylic acid groups (broad SMARTS) is 1. The minimum absolute atomic E-state index is 0.299. The summed E-state index contributed by atoms with van der Waals surface area (Å²) in [5.74, 6) is -2.60. The molecule has 4 nitrogen and oxygen atoms in total. The number of anilines is 1. The minimum atomic E-state index is -1.47. The molecule has 1 aromatic carbocycles. The quantitative estimate of drug-likeness (QED) is 0.751. The van der Waals surface area contributed by atoms with E-state index in [0.717, 1.165) is 12.1 Å². The van der Waals surface area contributed by atoms with Crippen molar-refractivity contribution in [3.05, 3.63) is 41.7 Å². The maximum Gasteiger partial charge on any atom is 0.248 e. The molecule has 84 valence electrons. The number of aryl methyl sites for hydroxylation is 1. The molecule has 0 aliphatic rings. The lowest BCUT2D eigenvalue weighted by Gasteiger charge is -2.06. The lowest BCUT2D eigenvalue weighted by molar-refractivity contribution is -0.297. The number of halogens is 1. The van der Waals surface area contributed by atoms with E-state index in [-0.39, 0.29) is 0 Å². The fourth-order valence-electron chi connectivity index (χ4n) is 1.05. The van der Waals surface area contributed by atoms with E-state index >= 15 is 0 Å². The molecule has 0 aromatic heterocycles. The Morgan fingerprint density at radius 2 is 2.06 bits per heavy atom. The SMILES string of the molecule is Cc1ccc(F)cc1NC(=O)/C=C\C(=O)[O-]. The Balaban J connectivity index is 2.77. The van der Waals surface area contributed by atoms with E-state index in [1.165, 1.54) is 12.1 Å². The Morgan fingerprint density at radius 3 is 2.69 bits per heavy atom. The third-order valence-corrected chi connectivity index (χ3v) is 1.83. The van der Waals surface area contributed by atoms with Gasteiger partial charge in [0.05, 0.1) is 5.97 Å². The lowest BCUT2D eigenvalue weighted by Crippen LogP contribution is -2.20. The van der Waals surface area contributed by atoms with E-state index in [2.05, 4.69) is 5.32 Å². The Labute approximate surface area is 91.4 Å². The van der Waals surface area contributed by atoms with Gasteiger partial charge in [0.1, 0.15) is 5.82 Å². The van der Waals surface area contributed by atoms with E-state index in [0.29, 0.717) is 17.3 Å². The van der Waals surface area contributed by atoms with Crippen molar-refractivity contribution in [3.8, 4) is 0 Å². The topological polar surface area (TPSA) is 69.2 Å². The molecule has 0 radical (unpaired) electrons. The average molecular weight is 222 g/mol. The average Bonchev–Trinajstić information content (AvgIpc) is 2.20. The number of aliphatic carboxylic acids is 1. The van der Waals surface area contributed by atoms with E-state index in [9.17, 15) is 19.1 Å². The fraction of sp³-hybridized carbons (Fsp3) is 0.0909. The van der Waals surface area contributed by atoms with Crippen LogP contribution in [0.5, 0.6) is 0 Å². The second-order valence-corrected chi connectivity index (χ2v) is 3.10. The van der Waals surface area contributed by atoms with Crippen molar-refractivity contribution in [1.82, 2.24) is 0 Å². The smallest absolute Gasteiger partial charge is 0.248 e. The third-order valence-electron chi connectivity index (χ3n) is 1.83. The van der Waals surface area contributed by atoms with Crippen molar-refractivity contribution in [2.24, 2.45) is 0 Å². The van der Waals surface area contributed by atoms with Crippen molar-refractivity contribution in [2.45, 2.75) is 6.92 Å². The molecule has 0 aliphatic heterocycles. The number of hydrogen-bond acceptors (Lipinski definition) is 3. The van der Waals surface area contributed by atoms with Crippen LogP contribution in [0.1, 0.15) is 5.56 Å². The van der Waals surface area contributed by atoms with Gasteiger partial charge in [-0.15, -0.1) is 0 Å². The van der Waals surface area contributed by atoms with E-state index in [1.807, 2.05) is 0 Å². The van der Waals surface area contributed by atoms with Gasteiger partial charge in [0, 0.05) is 11.8 Å². The van der Waals surface area contributed by atoms with Gasteiger partial charge in [-0.25, -0.2) is 4.39 Å². The highest BCUT2D eigenvalue weighted by Crippen LogP contribution is 2.15. The van der Waals surface area contributed by atoms with Crippen molar-refractivity contribution in [2.75, 3.05) is 5.32 Å². The molecule has 16 heavy (non-hydrogen) atoms. The molecule has 0 atom stereocenters. The Hall–Kier alpha value is -2.17. The van der Waals surface area contributed by atoms with Crippen molar-refractivity contribution < 1.29 is 19.1 Å². The summed E-state index contributed by atoms with van der Waals surface area (Å²) in [5, 5.41) is 12.4. The van der Waals surface area contributed by atoms with Crippen LogP contribution in [0.3, 0.4) is 0 Å². The van der Waals surface area contributed by atoms with Gasteiger partial charge in [-0.2, -0.15) is 0 Å². The second-order valence-electron chi connectivity index (χ2n) is 3.10. The molecule has 0 saturated heterocycles. The van der Waals surface area contributed by atoms with Crippen molar-refractivity contribution >= 4 is 17.6 Å². The van der Waals surface area contributed by atoms with Crippen LogP contribution >= 0.6 is 0 Å². The Morgan fingerprint density at radius 1 is 1.38 bits per heavy atom. The highest BCUT2D eigenvalue weighted by Gasteiger charge is 2.02. The van der Waals surface area contributed by atoms with E-state index in [1.54, 1.807) is 6.92 Å². The summed E-state index contributed by atoms with van der Waals surface area (Å²) >= 11 is 0. The molecule has 0 aliphatic carbocycles.